The van der Waals surface area contributed by atoms with E-state index in [0.717, 1.165) is 28.1 Å². The average Bonchev–Trinajstić information content (AvgIpc) is 3.01. The number of halogens is 2. The van der Waals surface area contributed by atoms with Crippen molar-refractivity contribution in [2.75, 3.05) is 11.1 Å². The molecule has 0 fully saturated rings. The predicted octanol–water partition coefficient (Wildman–Crippen LogP) is 5.85. The Morgan fingerprint density at radius 3 is 3.07 bits per heavy atom. The van der Waals surface area contributed by atoms with Crippen LogP contribution in [0.25, 0.3) is 10.2 Å². The Kier molecular flexibility index (Phi) is 5.60. The van der Waals surface area contributed by atoms with Crippen LogP contribution in [0.4, 0.5) is 5.69 Å². The number of hydrogen-bond donors (Lipinski definition) is 1. The molecule has 3 aromatic rings. The number of carbonyl (C=O) groups excluding carboxylic acids is 1. The number of nitrogens with zero attached hydrogens (tertiary/aromatic N) is 2. The molecule has 140 valence electrons. The van der Waals surface area contributed by atoms with Gasteiger partial charge < -0.3 is 5.32 Å². The average molecular weight is 438 g/mol. The van der Waals surface area contributed by atoms with E-state index in [0.29, 0.717) is 21.7 Å². The first-order valence-electron chi connectivity index (χ1n) is 8.65. The lowest BCUT2D eigenvalue weighted by Crippen LogP contribution is -2.14. The number of amides is 1. The molecule has 4 rings (SSSR count). The number of thioether (sulfide) groups is 1. The topological polar surface area (TPSA) is 54.9 Å². The summed E-state index contributed by atoms with van der Waals surface area (Å²) < 4.78 is 0. The summed E-state index contributed by atoms with van der Waals surface area (Å²) in [5.41, 5.74) is 1.89. The molecule has 0 aliphatic heterocycles. The summed E-state index contributed by atoms with van der Waals surface area (Å²) in [6.07, 6.45) is 4.93. The normalized spacial score (nSPS) is 16.3. The number of thiophene rings is 1. The number of fused-ring (bicyclic) bond motifs is 3. The lowest BCUT2D eigenvalue weighted by atomic mass is 9.89. The monoisotopic (exact) mass is 437 g/mol. The van der Waals surface area contributed by atoms with Crippen LogP contribution in [0.3, 0.4) is 0 Å². The third-order valence-corrected chi connectivity index (χ3v) is 7.59. The van der Waals surface area contributed by atoms with E-state index in [9.17, 15) is 4.79 Å². The van der Waals surface area contributed by atoms with Gasteiger partial charge in [-0.3, -0.25) is 4.79 Å². The van der Waals surface area contributed by atoms with E-state index < -0.39 is 0 Å². The van der Waals surface area contributed by atoms with Crippen molar-refractivity contribution >= 4 is 68.1 Å². The van der Waals surface area contributed by atoms with Crippen LogP contribution in [0.2, 0.25) is 10.0 Å². The van der Waals surface area contributed by atoms with Crippen LogP contribution in [0.1, 0.15) is 23.8 Å². The molecule has 1 atom stereocenters. The maximum absolute atomic E-state index is 12.4. The Hall–Kier alpha value is -1.34. The van der Waals surface area contributed by atoms with Crippen LogP contribution in [0, 0.1) is 5.92 Å². The van der Waals surface area contributed by atoms with Crippen molar-refractivity contribution in [3.63, 3.8) is 0 Å². The van der Waals surface area contributed by atoms with Gasteiger partial charge in [0.25, 0.3) is 0 Å². The molecule has 1 N–H and O–H groups in total. The molecule has 1 amide bonds. The van der Waals surface area contributed by atoms with Gasteiger partial charge >= 0.3 is 0 Å². The summed E-state index contributed by atoms with van der Waals surface area (Å²) >= 11 is 15.3. The maximum Gasteiger partial charge on any atom is 0.234 e. The zero-order chi connectivity index (χ0) is 19.0. The molecule has 0 saturated carbocycles. The minimum absolute atomic E-state index is 0.145. The van der Waals surface area contributed by atoms with Crippen LogP contribution in [0.15, 0.2) is 29.6 Å². The molecule has 1 aromatic carbocycles. The van der Waals surface area contributed by atoms with Crippen molar-refractivity contribution in [2.45, 2.75) is 31.2 Å². The summed E-state index contributed by atoms with van der Waals surface area (Å²) in [4.78, 5) is 23.7. The van der Waals surface area contributed by atoms with Crippen LogP contribution in [-0.4, -0.2) is 21.6 Å². The van der Waals surface area contributed by atoms with Crippen LogP contribution in [-0.2, 0) is 17.6 Å². The lowest BCUT2D eigenvalue weighted by molar-refractivity contribution is -0.113. The second-order valence-corrected chi connectivity index (χ2v) is 9.48. The van der Waals surface area contributed by atoms with Gasteiger partial charge in [-0.15, -0.1) is 11.3 Å². The van der Waals surface area contributed by atoms with Gasteiger partial charge in [0.1, 0.15) is 16.2 Å². The van der Waals surface area contributed by atoms with Crippen molar-refractivity contribution in [1.29, 1.82) is 0 Å². The molecule has 0 saturated heterocycles. The molecule has 1 aliphatic carbocycles. The molecule has 0 spiro atoms. The highest BCUT2D eigenvalue weighted by molar-refractivity contribution is 8.00. The van der Waals surface area contributed by atoms with Gasteiger partial charge in [0, 0.05) is 10.3 Å². The van der Waals surface area contributed by atoms with E-state index >= 15 is 0 Å². The highest BCUT2D eigenvalue weighted by Crippen LogP contribution is 2.40. The first-order chi connectivity index (χ1) is 13.0. The first kappa shape index (κ1) is 19.0. The summed E-state index contributed by atoms with van der Waals surface area (Å²) in [7, 11) is 0. The number of aromatic nitrogens is 2. The predicted molar refractivity (Wildman–Crippen MR) is 114 cm³/mol. The summed E-state index contributed by atoms with van der Waals surface area (Å²) in [5.74, 6) is 0.812. The first-order valence-corrected chi connectivity index (χ1v) is 11.2. The van der Waals surface area contributed by atoms with E-state index in [1.54, 1.807) is 35.9 Å². The van der Waals surface area contributed by atoms with E-state index in [-0.39, 0.29) is 11.7 Å². The van der Waals surface area contributed by atoms with E-state index in [1.165, 1.54) is 28.6 Å². The van der Waals surface area contributed by atoms with E-state index in [4.69, 9.17) is 23.2 Å². The third kappa shape index (κ3) is 3.94. The Morgan fingerprint density at radius 2 is 2.22 bits per heavy atom. The molecule has 0 radical (unpaired) electrons. The minimum Gasteiger partial charge on any atom is -0.324 e. The van der Waals surface area contributed by atoms with Gasteiger partial charge in [-0.2, -0.15) is 0 Å². The van der Waals surface area contributed by atoms with Crippen molar-refractivity contribution in [2.24, 2.45) is 5.92 Å². The van der Waals surface area contributed by atoms with Gasteiger partial charge in [-0.1, -0.05) is 48.0 Å². The largest absolute Gasteiger partial charge is 0.324 e. The van der Waals surface area contributed by atoms with Gasteiger partial charge in [0.05, 0.1) is 21.5 Å². The van der Waals surface area contributed by atoms with Gasteiger partial charge in [0.2, 0.25) is 5.91 Å². The number of benzene rings is 1. The quantitative estimate of drug-likeness (QED) is 0.410. The number of nitrogens with one attached hydrogen (secondary N) is 1. The summed E-state index contributed by atoms with van der Waals surface area (Å²) in [6, 6.07) is 5.17. The Morgan fingerprint density at radius 1 is 1.37 bits per heavy atom. The minimum atomic E-state index is -0.145. The molecular weight excluding hydrogens is 421 g/mol. The smallest absolute Gasteiger partial charge is 0.234 e. The second kappa shape index (κ2) is 7.95. The molecule has 1 aliphatic rings. The van der Waals surface area contributed by atoms with Crippen molar-refractivity contribution in [3.8, 4) is 0 Å². The SMILES string of the molecule is CC1CCc2c(sc3ncnc(SCC(=O)Nc4cccc(Cl)c4Cl)c23)C1. The van der Waals surface area contributed by atoms with E-state index in [1.807, 2.05) is 0 Å². The summed E-state index contributed by atoms with van der Waals surface area (Å²) in [6.45, 7) is 2.29. The second-order valence-electron chi connectivity index (χ2n) is 6.65. The molecule has 27 heavy (non-hydrogen) atoms. The number of hydrogen-bond acceptors (Lipinski definition) is 5. The maximum atomic E-state index is 12.4. The Labute approximate surface area is 175 Å². The molecular formula is C19H17Cl2N3OS2. The zero-order valence-electron chi connectivity index (χ0n) is 14.6. The number of aryl methyl sites for hydroxylation is 1. The van der Waals surface area contributed by atoms with Crippen molar-refractivity contribution in [1.82, 2.24) is 9.97 Å². The molecule has 8 heteroatoms. The number of carbonyl (C=O) groups is 1. The highest BCUT2D eigenvalue weighted by Gasteiger charge is 2.23. The summed E-state index contributed by atoms with van der Waals surface area (Å²) in [5, 5.41) is 5.58. The lowest BCUT2D eigenvalue weighted by Gasteiger charge is -2.18. The Balaban J connectivity index is 1.52. The molecule has 2 heterocycles. The number of rotatable bonds is 4. The molecule has 0 bridgehead atoms. The molecule has 1 unspecified atom stereocenters. The van der Waals surface area contributed by atoms with Gasteiger partial charge in [-0.25, -0.2) is 9.97 Å². The fraction of sp³-hybridized carbons (Fsp3) is 0.316. The Bertz CT molecular complexity index is 1020. The molecule has 2 aromatic heterocycles. The number of anilines is 1. The van der Waals surface area contributed by atoms with Crippen molar-refractivity contribution in [3.05, 3.63) is 45.0 Å². The van der Waals surface area contributed by atoms with Gasteiger partial charge in [-0.05, 0) is 42.9 Å². The standard InChI is InChI=1S/C19H17Cl2N3OS2/c1-10-5-6-11-14(7-10)27-19-16(11)18(22-9-23-19)26-8-15(25)24-13-4-2-3-12(20)17(13)21/h2-4,9-10H,5-8H2,1H3,(H,24,25). The van der Waals surface area contributed by atoms with Crippen LogP contribution >= 0.6 is 46.3 Å². The van der Waals surface area contributed by atoms with Crippen LogP contribution in [0.5, 0.6) is 0 Å². The van der Waals surface area contributed by atoms with Gasteiger partial charge in [0.15, 0.2) is 0 Å². The van der Waals surface area contributed by atoms with Crippen LogP contribution < -0.4 is 5.32 Å². The fourth-order valence-corrected chi connectivity index (χ4v) is 5.86. The zero-order valence-corrected chi connectivity index (χ0v) is 17.7. The fourth-order valence-electron chi connectivity index (χ4n) is 3.28. The molecule has 4 nitrogen and oxygen atoms in total. The highest BCUT2D eigenvalue weighted by atomic mass is 35.5. The van der Waals surface area contributed by atoms with E-state index in [2.05, 4.69) is 22.2 Å². The third-order valence-electron chi connectivity index (χ3n) is 4.62. The van der Waals surface area contributed by atoms with Crippen molar-refractivity contribution < 1.29 is 4.79 Å².